The number of rotatable bonds is 2. The van der Waals surface area contributed by atoms with Crippen LogP contribution >= 0.6 is 0 Å². The lowest BCUT2D eigenvalue weighted by Crippen LogP contribution is -2.17. The van der Waals surface area contributed by atoms with E-state index in [0.717, 1.165) is 12.1 Å². The summed E-state index contributed by atoms with van der Waals surface area (Å²) in [5.41, 5.74) is 0.0343. The highest BCUT2D eigenvalue weighted by atomic mass is 19.4. The monoisotopic (exact) mass is 219 g/mol. The summed E-state index contributed by atoms with van der Waals surface area (Å²) in [7, 11) is 0. The Morgan fingerprint density at radius 3 is 2.47 bits per heavy atom. The van der Waals surface area contributed by atoms with Crippen molar-refractivity contribution in [3.8, 4) is 11.8 Å². The molecule has 0 radical (unpaired) electrons. The molecule has 1 rings (SSSR count). The molecule has 0 aliphatic rings. The lowest BCUT2D eigenvalue weighted by atomic mass is 10.1. The van der Waals surface area contributed by atoms with Gasteiger partial charge in [0.15, 0.2) is 0 Å². The number of halogens is 4. The second kappa shape index (κ2) is 4.17. The fraction of sp³-hybridized carbons (Fsp3) is 0.222. The molecule has 1 aromatic rings. The van der Waals surface area contributed by atoms with Crippen LogP contribution < -0.4 is 4.74 Å². The zero-order chi connectivity index (χ0) is 11.5. The zero-order valence-electron chi connectivity index (χ0n) is 7.31. The largest absolute Gasteiger partial charge is 0.573 e. The first-order valence-electron chi connectivity index (χ1n) is 3.83. The Kier molecular flexibility index (Phi) is 3.14. The highest BCUT2D eigenvalue weighted by Gasteiger charge is 2.31. The van der Waals surface area contributed by atoms with Crippen LogP contribution in [0.3, 0.4) is 0 Å². The predicted octanol–water partition coefficient (Wildman–Crippen LogP) is 2.79. The van der Waals surface area contributed by atoms with E-state index in [2.05, 4.69) is 4.74 Å². The van der Waals surface area contributed by atoms with E-state index in [4.69, 9.17) is 5.26 Å². The summed E-state index contributed by atoms with van der Waals surface area (Å²) in [5.74, 6) is -1.53. The van der Waals surface area contributed by atoms with Crippen LogP contribution in [0.2, 0.25) is 0 Å². The van der Waals surface area contributed by atoms with Crippen molar-refractivity contribution in [1.29, 1.82) is 5.26 Å². The maximum Gasteiger partial charge on any atom is 0.573 e. The number of alkyl halides is 3. The summed E-state index contributed by atoms with van der Waals surface area (Å²) in [6, 6.07) is 4.33. The molecule has 15 heavy (non-hydrogen) atoms. The van der Waals surface area contributed by atoms with Crippen molar-refractivity contribution in [3.63, 3.8) is 0 Å². The Labute approximate surface area is 82.7 Å². The van der Waals surface area contributed by atoms with Crippen LogP contribution in [0, 0.1) is 17.1 Å². The van der Waals surface area contributed by atoms with Gasteiger partial charge in [-0.3, -0.25) is 0 Å². The van der Waals surface area contributed by atoms with Gasteiger partial charge in [0.25, 0.3) is 0 Å². The van der Waals surface area contributed by atoms with Gasteiger partial charge < -0.3 is 4.74 Å². The van der Waals surface area contributed by atoms with Crippen molar-refractivity contribution in [2.75, 3.05) is 0 Å². The Hall–Kier alpha value is -1.77. The van der Waals surface area contributed by atoms with Crippen LogP contribution in [0.1, 0.15) is 5.56 Å². The second-order valence-electron chi connectivity index (χ2n) is 2.64. The molecule has 80 valence electrons. The highest BCUT2D eigenvalue weighted by Crippen LogP contribution is 2.24. The molecule has 0 aliphatic carbocycles. The first-order valence-corrected chi connectivity index (χ1v) is 3.83. The summed E-state index contributed by atoms with van der Waals surface area (Å²) < 4.78 is 51.7. The lowest BCUT2D eigenvalue weighted by Gasteiger charge is -2.09. The van der Waals surface area contributed by atoms with E-state index in [-0.39, 0.29) is 12.0 Å². The summed E-state index contributed by atoms with van der Waals surface area (Å²) >= 11 is 0. The van der Waals surface area contributed by atoms with E-state index in [1.807, 2.05) is 0 Å². The Morgan fingerprint density at radius 1 is 1.33 bits per heavy atom. The SMILES string of the molecule is N#CCc1ccc(OC(F)(F)F)cc1F. The smallest absolute Gasteiger partial charge is 0.406 e. The first-order chi connectivity index (χ1) is 6.92. The topological polar surface area (TPSA) is 33.0 Å². The van der Waals surface area contributed by atoms with E-state index in [0.29, 0.717) is 6.07 Å². The molecule has 0 heterocycles. The molecule has 0 atom stereocenters. The van der Waals surface area contributed by atoms with Crippen molar-refractivity contribution >= 4 is 0 Å². The van der Waals surface area contributed by atoms with E-state index >= 15 is 0 Å². The molecule has 6 heteroatoms. The molecule has 0 N–H and O–H groups in total. The maximum atomic E-state index is 13.0. The zero-order valence-corrected chi connectivity index (χ0v) is 7.31. The van der Waals surface area contributed by atoms with Crippen LogP contribution in [0.4, 0.5) is 17.6 Å². The molecule has 2 nitrogen and oxygen atoms in total. The average Bonchev–Trinajstić information content (AvgIpc) is 2.07. The van der Waals surface area contributed by atoms with Crippen molar-refractivity contribution in [1.82, 2.24) is 0 Å². The molecule has 0 aromatic heterocycles. The average molecular weight is 219 g/mol. The van der Waals surface area contributed by atoms with Gasteiger partial charge in [0, 0.05) is 11.6 Å². The molecule has 0 saturated carbocycles. The minimum absolute atomic E-state index is 0.0343. The van der Waals surface area contributed by atoms with Crippen LogP contribution in [0.15, 0.2) is 18.2 Å². The quantitative estimate of drug-likeness (QED) is 0.716. The van der Waals surface area contributed by atoms with Crippen LogP contribution in [0.25, 0.3) is 0 Å². The summed E-state index contributed by atoms with van der Waals surface area (Å²) in [6.45, 7) is 0. The van der Waals surface area contributed by atoms with Gasteiger partial charge in [0.2, 0.25) is 0 Å². The Morgan fingerprint density at radius 2 is 2.00 bits per heavy atom. The number of nitrogens with zero attached hydrogens (tertiary/aromatic N) is 1. The van der Waals surface area contributed by atoms with Gasteiger partial charge >= 0.3 is 6.36 Å². The molecule has 0 spiro atoms. The normalized spacial score (nSPS) is 10.9. The molecular formula is C9H5F4NO. The molecule has 0 aliphatic heterocycles. The van der Waals surface area contributed by atoms with Gasteiger partial charge in [-0.25, -0.2) is 4.39 Å². The number of nitriles is 1. The number of ether oxygens (including phenoxy) is 1. The predicted molar refractivity (Wildman–Crippen MR) is 42.4 cm³/mol. The minimum Gasteiger partial charge on any atom is -0.406 e. The van der Waals surface area contributed by atoms with Crippen molar-refractivity contribution in [2.24, 2.45) is 0 Å². The fourth-order valence-electron chi connectivity index (χ4n) is 0.954. The van der Waals surface area contributed by atoms with Gasteiger partial charge in [0.1, 0.15) is 11.6 Å². The Balaban J connectivity index is 2.88. The second-order valence-corrected chi connectivity index (χ2v) is 2.64. The Bertz CT molecular complexity index is 394. The van der Waals surface area contributed by atoms with Crippen LogP contribution in [-0.2, 0) is 6.42 Å². The third kappa shape index (κ3) is 3.46. The van der Waals surface area contributed by atoms with Crippen LogP contribution in [-0.4, -0.2) is 6.36 Å². The van der Waals surface area contributed by atoms with E-state index in [1.54, 1.807) is 6.07 Å². The molecule has 1 aromatic carbocycles. The van der Waals surface area contributed by atoms with Crippen molar-refractivity contribution < 1.29 is 22.3 Å². The summed E-state index contributed by atoms with van der Waals surface area (Å²) in [5, 5.41) is 8.27. The van der Waals surface area contributed by atoms with Crippen LogP contribution in [0.5, 0.6) is 5.75 Å². The molecule has 0 fully saturated rings. The fourth-order valence-corrected chi connectivity index (χ4v) is 0.954. The van der Waals surface area contributed by atoms with E-state index in [9.17, 15) is 17.6 Å². The number of benzene rings is 1. The molecule has 0 saturated heterocycles. The molecule has 0 unspecified atom stereocenters. The standard InChI is InChI=1S/C9H5F4NO/c10-8-5-7(15-9(11,12)13)2-1-6(8)3-4-14/h1-2,5H,3H2. The lowest BCUT2D eigenvalue weighted by molar-refractivity contribution is -0.274. The van der Waals surface area contributed by atoms with Crippen molar-refractivity contribution in [2.45, 2.75) is 12.8 Å². The van der Waals surface area contributed by atoms with Gasteiger partial charge in [0.05, 0.1) is 12.5 Å². The third-order valence-electron chi connectivity index (χ3n) is 1.53. The van der Waals surface area contributed by atoms with Crippen molar-refractivity contribution in [3.05, 3.63) is 29.6 Å². The highest BCUT2D eigenvalue weighted by molar-refractivity contribution is 5.30. The number of hydrogen-bond donors (Lipinski definition) is 0. The van der Waals surface area contributed by atoms with Gasteiger partial charge in [-0.1, -0.05) is 6.07 Å². The van der Waals surface area contributed by atoms with Gasteiger partial charge in [-0.15, -0.1) is 13.2 Å². The third-order valence-corrected chi connectivity index (χ3v) is 1.53. The molecule has 0 bridgehead atoms. The molecule has 0 amide bonds. The number of hydrogen-bond acceptors (Lipinski definition) is 2. The summed E-state index contributed by atoms with van der Waals surface area (Å²) in [4.78, 5) is 0. The maximum absolute atomic E-state index is 13.0. The van der Waals surface area contributed by atoms with E-state index < -0.39 is 17.9 Å². The summed E-state index contributed by atoms with van der Waals surface area (Å²) in [6.07, 6.45) is -5.04. The minimum atomic E-state index is -4.84. The van der Waals surface area contributed by atoms with Gasteiger partial charge in [-0.05, 0) is 6.07 Å². The van der Waals surface area contributed by atoms with E-state index in [1.165, 1.54) is 0 Å². The molecular weight excluding hydrogens is 214 g/mol. The first kappa shape index (κ1) is 11.3. The van der Waals surface area contributed by atoms with Gasteiger partial charge in [-0.2, -0.15) is 5.26 Å².